The fraction of sp³-hybridized carbons (Fsp3) is 0.855. The van der Waals surface area contributed by atoms with Gasteiger partial charge in [-0.05, 0) is 96.3 Å². The number of amides is 1. The van der Waals surface area contributed by atoms with Crippen molar-refractivity contribution < 1.29 is 24.5 Å². The summed E-state index contributed by atoms with van der Waals surface area (Å²) in [6.07, 6.45) is 105. The summed E-state index contributed by atoms with van der Waals surface area (Å²) < 4.78 is 5.50. The molecule has 522 valence electrons. The molecule has 0 aromatic carbocycles. The van der Waals surface area contributed by atoms with E-state index in [1.807, 2.05) is 6.08 Å². The second kappa shape index (κ2) is 78.0. The second-order valence-electron chi connectivity index (χ2n) is 27.4. The van der Waals surface area contributed by atoms with Gasteiger partial charge in [0.25, 0.3) is 0 Å². The molecular weight excluding hydrogens is 1090 g/mol. The summed E-state index contributed by atoms with van der Waals surface area (Å²) >= 11 is 0. The zero-order valence-electron chi connectivity index (χ0n) is 59.9. The molecule has 89 heavy (non-hydrogen) atoms. The first-order valence-electron chi connectivity index (χ1n) is 40.1. The van der Waals surface area contributed by atoms with Crippen LogP contribution in [0.25, 0.3) is 0 Å². The third-order valence-electron chi connectivity index (χ3n) is 18.5. The standard InChI is InChI=1S/C83H155NO5/c1-3-5-7-9-11-13-15-17-19-21-23-37-40-43-47-51-55-59-63-67-71-75-81(86)80(79-85)84-82(87)76-72-68-64-60-56-52-48-44-41-38-35-33-31-29-27-25-24-26-28-30-32-34-36-39-42-46-50-54-58-62-66-70-74-78-89-83(88)77-73-69-65-61-57-53-49-45-22-20-18-16-14-12-10-8-6-4-2/h14,16,20,22,28,30,34,36,71,75,80-81,85-86H,3-13,15,17-19,21,23-27,29,31-33,35,37-70,72-74,76-79H2,1-2H3,(H,84,87)/b16-14-,22-20-,30-28-,36-34-,75-71+. The van der Waals surface area contributed by atoms with Gasteiger partial charge in [-0.2, -0.15) is 0 Å². The van der Waals surface area contributed by atoms with Gasteiger partial charge in [0.05, 0.1) is 25.4 Å². The van der Waals surface area contributed by atoms with E-state index < -0.39 is 12.1 Å². The number of hydrogen-bond acceptors (Lipinski definition) is 5. The van der Waals surface area contributed by atoms with Crippen LogP contribution in [0.1, 0.15) is 431 Å². The summed E-state index contributed by atoms with van der Waals surface area (Å²) in [5, 5.41) is 23.3. The van der Waals surface area contributed by atoms with Crippen LogP contribution in [0.2, 0.25) is 0 Å². The Morgan fingerprint density at radius 2 is 0.562 bits per heavy atom. The van der Waals surface area contributed by atoms with E-state index in [0.29, 0.717) is 19.4 Å². The summed E-state index contributed by atoms with van der Waals surface area (Å²) in [6, 6.07) is -0.629. The summed E-state index contributed by atoms with van der Waals surface area (Å²) in [6.45, 7) is 4.92. The monoisotopic (exact) mass is 1250 g/mol. The molecule has 0 spiro atoms. The molecule has 0 rings (SSSR count). The lowest BCUT2D eigenvalue weighted by Gasteiger charge is -2.20. The van der Waals surface area contributed by atoms with E-state index in [9.17, 15) is 19.8 Å². The van der Waals surface area contributed by atoms with Gasteiger partial charge in [0.15, 0.2) is 0 Å². The Labute approximate surface area is 556 Å². The van der Waals surface area contributed by atoms with Crippen molar-refractivity contribution >= 4 is 11.9 Å². The van der Waals surface area contributed by atoms with E-state index in [2.05, 4.69) is 67.8 Å². The highest BCUT2D eigenvalue weighted by atomic mass is 16.5. The topological polar surface area (TPSA) is 95.9 Å². The van der Waals surface area contributed by atoms with Crippen molar-refractivity contribution in [1.82, 2.24) is 5.32 Å². The number of allylic oxidation sites excluding steroid dienone is 9. The molecule has 0 fully saturated rings. The van der Waals surface area contributed by atoms with Gasteiger partial charge in [-0.15, -0.1) is 0 Å². The van der Waals surface area contributed by atoms with Gasteiger partial charge < -0.3 is 20.3 Å². The quantitative estimate of drug-likeness (QED) is 0.0320. The Morgan fingerprint density at radius 3 is 0.865 bits per heavy atom. The molecule has 3 N–H and O–H groups in total. The van der Waals surface area contributed by atoms with Gasteiger partial charge in [0.2, 0.25) is 5.91 Å². The number of carbonyl (C=O) groups is 2. The minimum atomic E-state index is -0.845. The highest BCUT2D eigenvalue weighted by Crippen LogP contribution is 2.19. The van der Waals surface area contributed by atoms with Crippen LogP contribution in [0.5, 0.6) is 0 Å². The van der Waals surface area contributed by atoms with E-state index >= 15 is 0 Å². The average molecular weight is 1250 g/mol. The van der Waals surface area contributed by atoms with Crippen LogP contribution in [0.15, 0.2) is 60.8 Å². The highest BCUT2D eigenvalue weighted by molar-refractivity contribution is 5.76. The molecule has 0 heterocycles. The number of aliphatic hydroxyl groups excluding tert-OH is 2. The molecule has 0 bridgehead atoms. The molecule has 6 nitrogen and oxygen atoms in total. The molecule has 0 aromatic heterocycles. The first-order chi connectivity index (χ1) is 44.0. The maximum absolute atomic E-state index is 12.5. The van der Waals surface area contributed by atoms with Crippen LogP contribution >= 0.6 is 0 Å². The van der Waals surface area contributed by atoms with Crippen molar-refractivity contribution in [3.05, 3.63) is 60.8 Å². The van der Waals surface area contributed by atoms with E-state index in [-0.39, 0.29) is 18.5 Å². The number of unbranched alkanes of at least 4 members (excludes halogenated alkanes) is 56. The molecule has 0 saturated heterocycles. The summed E-state index contributed by atoms with van der Waals surface area (Å²) in [5.41, 5.74) is 0. The van der Waals surface area contributed by atoms with E-state index in [1.54, 1.807) is 6.08 Å². The maximum Gasteiger partial charge on any atom is 0.305 e. The smallest absolute Gasteiger partial charge is 0.305 e. The van der Waals surface area contributed by atoms with Crippen LogP contribution in [-0.2, 0) is 14.3 Å². The van der Waals surface area contributed by atoms with Crippen LogP contribution in [0, 0.1) is 0 Å². The first-order valence-corrected chi connectivity index (χ1v) is 40.1. The average Bonchev–Trinajstić information content (AvgIpc) is 3.55. The number of nitrogens with one attached hydrogen (secondary N) is 1. The van der Waals surface area contributed by atoms with Crippen molar-refractivity contribution in [2.75, 3.05) is 13.2 Å². The number of carbonyl (C=O) groups excluding carboxylic acids is 2. The van der Waals surface area contributed by atoms with Crippen molar-refractivity contribution in [1.29, 1.82) is 0 Å². The minimum absolute atomic E-state index is 0.00685. The summed E-state index contributed by atoms with van der Waals surface area (Å²) in [7, 11) is 0. The second-order valence-corrected chi connectivity index (χ2v) is 27.4. The lowest BCUT2D eigenvalue weighted by atomic mass is 10.0. The molecule has 0 saturated carbocycles. The maximum atomic E-state index is 12.5. The van der Waals surface area contributed by atoms with Crippen LogP contribution in [0.4, 0.5) is 0 Å². The third-order valence-corrected chi connectivity index (χ3v) is 18.5. The molecule has 2 unspecified atom stereocenters. The zero-order valence-corrected chi connectivity index (χ0v) is 59.9. The van der Waals surface area contributed by atoms with Crippen LogP contribution in [-0.4, -0.2) is 47.4 Å². The van der Waals surface area contributed by atoms with Gasteiger partial charge in [0.1, 0.15) is 0 Å². The number of hydrogen-bond donors (Lipinski definition) is 3. The van der Waals surface area contributed by atoms with Crippen LogP contribution < -0.4 is 5.32 Å². The molecule has 0 aliphatic heterocycles. The van der Waals surface area contributed by atoms with Crippen molar-refractivity contribution in [2.24, 2.45) is 0 Å². The Kier molecular flexibility index (Phi) is 75.9. The van der Waals surface area contributed by atoms with Crippen LogP contribution in [0.3, 0.4) is 0 Å². The van der Waals surface area contributed by atoms with E-state index in [4.69, 9.17) is 4.74 Å². The van der Waals surface area contributed by atoms with Crippen molar-refractivity contribution in [3.8, 4) is 0 Å². The van der Waals surface area contributed by atoms with Gasteiger partial charge >= 0.3 is 5.97 Å². The molecule has 0 aliphatic carbocycles. The largest absolute Gasteiger partial charge is 0.466 e. The summed E-state index contributed by atoms with van der Waals surface area (Å²) in [5.74, 6) is -0.0555. The summed E-state index contributed by atoms with van der Waals surface area (Å²) in [4.78, 5) is 24.7. The molecule has 0 radical (unpaired) electrons. The Hall–Kier alpha value is -2.44. The molecule has 2 atom stereocenters. The molecular formula is C83H155NO5. The molecule has 0 aromatic rings. The first kappa shape index (κ1) is 86.6. The molecule has 0 aliphatic rings. The van der Waals surface area contributed by atoms with Gasteiger partial charge in [-0.25, -0.2) is 0 Å². The predicted octanol–water partition coefficient (Wildman–Crippen LogP) is 26.5. The lowest BCUT2D eigenvalue weighted by molar-refractivity contribution is -0.143. The Balaban J connectivity index is 3.40. The number of rotatable bonds is 75. The SMILES string of the molecule is CCCCCC/C=C\C/C=C\CCCCCCCCCC(=O)OCCCCCCCCCCC/C=C\C/C=C\CCCCCCCCCCCCCCCCCCCC(=O)NC(CO)C(O)/C=C/CCCCCCCCCCCCCCCCCCCCC. The number of ether oxygens (including phenoxy) is 1. The number of aliphatic hydroxyl groups is 2. The number of esters is 1. The van der Waals surface area contributed by atoms with Crippen molar-refractivity contribution in [2.45, 2.75) is 443 Å². The lowest BCUT2D eigenvalue weighted by Crippen LogP contribution is -2.45. The Bertz CT molecular complexity index is 1530. The van der Waals surface area contributed by atoms with Crippen molar-refractivity contribution in [3.63, 3.8) is 0 Å². The van der Waals surface area contributed by atoms with E-state index in [0.717, 1.165) is 57.8 Å². The van der Waals surface area contributed by atoms with Gasteiger partial charge in [-0.3, -0.25) is 9.59 Å². The fourth-order valence-electron chi connectivity index (χ4n) is 12.4. The van der Waals surface area contributed by atoms with E-state index in [1.165, 1.54) is 347 Å². The Morgan fingerprint density at radius 1 is 0.315 bits per heavy atom. The molecule has 6 heteroatoms. The normalized spacial score (nSPS) is 12.8. The van der Waals surface area contributed by atoms with Gasteiger partial charge in [-0.1, -0.05) is 383 Å². The van der Waals surface area contributed by atoms with Gasteiger partial charge in [0, 0.05) is 12.8 Å². The zero-order chi connectivity index (χ0) is 64.2. The predicted molar refractivity (Wildman–Crippen MR) is 393 cm³/mol. The highest BCUT2D eigenvalue weighted by Gasteiger charge is 2.18. The minimum Gasteiger partial charge on any atom is -0.466 e. The molecule has 1 amide bonds. The third kappa shape index (κ3) is 74.5. The fourth-order valence-corrected chi connectivity index (χ4v) is 12.4.